The summed E-state index contributed by atoms with van der Waals surface area (Å²) in [6.45, 7) is 13.2. The molecule has 270 valence electrons. The van der Waals surface area contributed by atoms with E-state index in [1.807, 2.05) is 60.8 Å². The van der Waals surface area contributed by atoms with Gasteiger partial charge in [0.05, 0.1) is 17.0 Å². The number of aromatic nitrogens is 3. The third-order valence-corrected chi connectivity index (χ3v) is 10.4. The van der Waals surface area contributed by atoms with Gasteiger partial charge in [0.25, 0.3) is 0 Å². The molecule has 0 amide bonds. The molecule has 5 nitrogen and oxygen atoms in total. The number of hydrogen-bond acceptors (Lipinski definition) is 4. The number of benzene rings is 5. The average molecular weight is 886 g/mol. The van der Waals surface area contributed by atoms with Gasteiger partial charge in [-0.3, -0.25) is 9.55 Å². The first kappa shape index (κ1) is 35.5. The van der Waals surface area contributed by atoms with Crippen molar-refractivity contribution in [3.63, 3.8) is 0 Å². The van der Waals surface area contributed by atoms with Gasteiger partial charge >= 0.3 is 0 Å². The molecule has 0 atom stereocenters. The zero-order chi connectivity index (χ0) is 36.6. The van der Waals surface area contributed by atoms with E-state index >= 15 is 0 Å². The normalized spacial score (nSPS) is 12.2. The Labute approximate surface area is 329 Å². The largest absolute Gasteiger partial charge is 0.515 e. The molecule has 0 unspecified atom stereocenters. The van der Waals surface area contributed by atoms with Crippen molar-refractivity contribution in [2.75, 3.05) is 0 Å². The van der Waals surface area contributed by atoms with Gasteiger partial charge in [0, 0.05) is 54.4 Å². The van der Waals surface area contributed by atoms with E-state index in [-0.39, 0.29) is 37.6 Å². The van der Waals surface area contributed by atoms with Crippen molar-refractivity contribution in [1.29, 1.82) is 0 Å². The van der Waals surface area contributed by atoms with Gasteiger partial charge in [-0.1, -0.05) is 120 Å². The zero-order valence-electron chi connectivity index (χ0n) is 31.1. The Bertz CT molecular complexity index is 2820. The summed E-state index contributed by atoms with van der Waals surface area (Å²) in [6.07, 6.45) is 1.83. The van der Waals surface area contributed by atoms with Crippen LogP contribution < -0.4 is 0 Å². The molecule has 5 aromatic carbocycles. The number of hydrogen-bond donors (Lipinski definition) is 1. The number of pyridine rings is 2. The maximum Gasteiger partial charge on any atom is 0.146 e. The predicted octanol–water partition coefficient (Wildman–Crippen LogP) is 12.6. The van der Waals surface area contributed by atoms with Crippen LogP contribution in [0.2, 0.25) is 0 Å². The molecule has 0 saturated carbocycles. The Morgan fingerprint density at radius 1 is 0.630 bits per heavy atom. The monoisotopic (exact) mass is 885 g/mol. The van der Waals surface area contributed by atoms with Crippen LogP contribution in [0.15, 0.2) is 132 Å². The van der Waals surface area contributed by atoms with E-state index in [4.69, 9.17) is 14.4 Å². The van der Waals surface area contributed by atoms with Crippen LogP contribution >= 0.6 is 0 Å². The van der Waals surface area contributed by atoms with Gasteiger partial charge < -0.3 is 9.52 Å². The van der Waals surface area contributed by atoms with Crippen molar-refractivity contribution in [1.82, 2.24) is 14.5 Å². The number of para-hydroxylation sites is 2. The van der Waals surface area contributed by atoms with Crippen molar-refractivity contribution in [2.45, 2.75) is 52.4 Å². The molecular weight excluding hydrogens is 846 g/mol. The van der Waals surface area contributed by atoms with E-state index in [1.54, 1.807) is 0 Å². The summed E-state index contributed by atoms with van der Waals surface area (Å²) in [4.78, 5) is 10.3. The van der Waals surface area contributed by atoms with Crippen molar-refractivity contribution in [3.05, 3.63) is 145 Å². The number of nitrogens with zero attached hydrogens (tertiary/aromatic N) is 3. The van der Waals surface area contributed by atoms with Gasteiger partial charge in [0.1, 0.15) is 22.6 Å². The Morgan fingerprint density at radius 2 is 1.26 bits per heavy atom. The fourth-order valence-corrected chi connectivity index (χ4v) is 7.42. The van der Waals surface area contributed by atoms with E-state index in [0.29, 0.717) is 11.3 Å². The van der Waals surface area contributed by atoms with E-state index < -0.39 is 0 Å². The summed E-state index contributed by atoms with van der Waals surface area (Å²) >= 11 is 0. The number of phenols is 1. The fraction of sp³-hybridized carbons (Fsp3) is 0.167. The van der Waals surface area contributed by atoms with Crippen LogP contribution in [-0.4, -0.2) is 19.6 Å². The molecular formula is C48H40N3O2Pt-. The number of phenolic OH excluding ortho intramolecular Hbond substituents is 1. The van der Waals surface area contributed by atoms with Crippen LogP contribution in [-0.2, 0) is 31.9 Å². The van der Waals surface area contributed by atoms with Gasteiger partial charge in [-0.25, -0.2) is 4.98 Å². The second-order valence-corrected chi connectivity index (χ2v) is 16.0. The van der Waals surface area contributed by atoms with E-state index in [9.17, 15) is 5.11 Å². The molecule has 0 saturated heterocycles. The summed E-state index contributed by atoms with van der Waals surface area (Å²) in [5, 5.41) is 16.3. The third kappa shape index (κ3) is 5.92. The Morgan fingerprint density at radius 3 is 2.02 bits per heavy atom. The molecule has 4 aromatic heterocycles. The van der Waals surface area contributed by atoms with Crippen LogP contribution in [0.4, 0.5) is 0 Å². The van der Waals surface area contributed by atoms with E-state index in [2.05, 4.69) is 119 Å². The second kappa shape index (κ2) is 13.1. The molecule has 9 rings (SSSR count). The summed E-state index contributed by atoms with van der Waals surface area (Å²) in [5.74, 6) is 0.966. The smallest absolute Gasteiger partial charge is 0.146 e. The minimum Gasteiger partial charge on any atom is -0.515 e. The summed E-state index contributed by atoms with van der Waals surface area (Å²) in [5.41, 5.74) is 9.92. The molecule has 0 radical (unpaired) electrons. The van der Waals surface area contributed by atoms with Crippen molar-refractivity contribution < 1.29 is 30.6 Å². The molecule has 0 fully saturated rings. The molecule has 0 aliphatic rings. The topological polar surface area (TPSA) is 64.1 Å². The third-order valence-electron chi connectivity index (χ3n) is 10.4. The maximum atomic E-state index is 12.1. The van der Waals surface area contributed by atoms with Gasteiger partial charge in [0.2, 0.25) is 0 Å². The zero-order valence-corrected chi connectivity index (χ0v) is 33.4. The standard InChI is InChI=1S/C48H40N3O2.Pt/c1-47(2,3)32-24-30(38-27-33(48(4,5)6)26-37(44(38)52)29-15-8-7-9-16-29)23-31(25-32)43-45-39(35-18-11-13-21-41(35)53-45)28-42(50-43)51-40-20-12-10-17-34(40)36-19-14-22-49-46(36)51;/h7-22,24-28,52H,1-6H3;/q-1;. The Hall–Kier alpha value is -5.51. The minimum absolute atomic E-state index is 0. The van der Waals surface area contributed by atoms with E-state index in [1.165, 1.54) is 0 Å². The van der Waals surface area contributed by atoms with Crippen LogP contribution in [0, 0.1) is 6.07 Å². The summed E-state index contributed by atoms with van der Waals surface area (Å²) in [7, 11) is 0. The molecule has 0 bridgehead atoms. The number of aromatic hydroxyl groups is 1. The molecule has 4 heterocycles. The molecule has 6 heteroatoms. The van der Waals surface area contributed by atoms with Gasteiger partial charge in [-0.2, -0.15) is 0 Å². The predicted molar refractivity (Wildman–Crippen MR) is 218 cm³/mol. The molecule has 1 N–H and O–H groups in total. The van der Waals surface area contributed by atoms with Crippen LogP contribution in [0.3, 0.4) is 0 Å². The second-order valence-electron chi connectivity index (χ2n) is 16.0. The van der Waals surface area contributed by atoms with Crippen molar-refractivity contribution in [2.24, 2.45) is 0 Å². The Balaban J connectivity index is 0.00000413. The number of rotatable bonds is 4. The minimum atomic E-state index is -0.223. The first-order valence-electron chi connectivity index (χ1n) is 18.1. The maximum absolute atomic E-state index is 12.1. The Kier molecular flexibility index (Phi) is 8.62. The van der Waals surface area contributed by atoms with Crippen molar-refractivity contribution >= 4 is 43.9 Å². The molecule has 0 spiro atoms. The number of furan rings is 1. The molecule has 54 heavy (non-hydrogen) atoms. The SMILES string of the molecule is CC(C)(C)c1cc(-c2cc(C(C)(C)C)cc(-c3ccccc3)c2O)[c-]c(-c2nc(-n3c4ccccc4c4cccnc43)cc3c2oc2ccccc23)c1.[Pt]. The summed E-state index contributed by atoms with van der Waals surface area (Å²) < 4.78 is 8.81. The quantitative estimate of drug-likeness (QED) is 0.179. The summed E-state index contributed by atoms with van der Waals surface area (Å²) in [6, 6.07) is 45.2. The van der Waals surface area contributed by atoms with Crippen LogP contribution in [0.25, 0.3) is 83.2 Å². The average Bonchev–Trinajstić information content (AvgIpc) is 3.70. The fourth-order valence-electron chi connectivity index (χ4n) is 7.42. The van der Waals surface area contributed by atoms with Gasteiger partial charge in [0.15, 0.2) is 0 Å². The van der Waals surface area contributed by atoms with Crippen LogP contribution in [0.5, 0.6) is 5.75 Å². The van der Waals surface area contributed by atoms with Gasteiger partial charge in [-0.05, 0) is 63.9 Å². The molecule has 0 aliphatic heterocycles. The molecule has 9 aromatic rings. The molecule has 0 aliphatic carbocycles. The number of fused-ring (bicyclic) bond motifs is 6. The first-order valence-corrected chi connectivity index (χ1v) is 18.1. The van der Waals surface area contributed by atoms with Crippen LogP contribution in [0.1, 0.15) is 52.7 Å². The van der Waals surface area contributed by atoms with E-state index in [0.717, 1.165) is 83.1 Å². The van der Waals surface area contributed by atoms with Crippen molar-refractivity contribution in [3.8, 4) is 45.1 Å². The van der Waals surface area contributed by atoms with Gasteiger partial charge in [-0.15, -0.1) is 29.3 Å². The first-order chi connectivity index (χ1) is 25.5.